The SMILES string of the molecule is CCOC(=O)c1ccccc1C(=O)NC(C)Sc1ccccc1. The Hall–Kier alpha value is -2.27. The Morgan fingerprint density at radius 3 is 2.30 bits per heavy atom. The molecule has 5 heteroatoms. The molecule has 0 aliphatic heterocycles. The summed E-state index contributed by atoms with van der Waals surface area (Å²) in [6.45, 7) is 3.91. The van der Waals surface area contributed by atoms with Gasteiger partial charge in [0.2, 0.25) is 0 Å². The minimum absolute atomic E-state index is 0.125. The van der Waals surface area contributed by atoms with Gasteiger partial charge in [0.15, 0.2) is 0 Å². The van der Waals surface area contributed by atoms with Crippen LogP contribution in [0.15, 0.2) is 59.5 Å². The number of carbonyl (C=O) groups excluding carboxylic acids is 2. The Labute approximate surface area is 140 Å². The topological polar surface area (TPSA) is 55.4 Å². The summed E-state index contributed by atoms with van der Waals surface area (Å²) in [5.74, 6) is -0.772. The number of amides is 1. The molecule has 23 heavy (non-hydrogen) atoms. The van der Waals surface area contributed by atoms with E-state index in [2.05, 4.69) is 5.32 Å². The fourth-order valence-corrected chi connectivity index (χ4v) is 2.95. The van der Waals surface area contributed by atoms with E-state index < -0.39 is 5.97 Å². The van der Waals surface area contributed by atoms with Gasteiger partial charge in [0.25, 0.3) is 5.91 Å². The van der Waals surface area contributed by atoms with Crippen LogP contribution in [0.1, 0.15) is 34.6 Å². The maximum absolute atomic E-state index is 12.4. The van der Waals surface area contributed by atoms with Crippen molar-refractivity contribution < 1.29 is 14.3 Å². The zero-order valence-corrected chi connectivity index (χ0v) is 13.9. The van der Waals surface area contributed by atoms with Gasteiger partial charge in [-0.2, -0.15) is 0 Å². The lowest BCUT2D eigenvalue weighted by Crippen LogP contribution is -2.31. The van der Waals surface area contributed by atoms with Crippen LogP contribution >= 0.6 is 11.8 Å². The molecule has 1 atom stereocenters. The van der Waals surface area contributed by atoms with E-state index in [1.54, 1.807) is 43.0 Å². The van der Waals surface area contributed by atoms with Gasteiger partial charge in [-0.15, -0.1) is 11.8 Å². The van der Waals surface area contributed by atoms with Crippen LogP contribution in [-0.2, 0) is 4.74 Å². The van der Waals surface area contributed by atoms with E-state index in [0.29, 0.717) is 5.56 Å². The van der Waals surface area contributed by atoms with Crippen molar-refractivity contribution in [2.75, 3.05) is 6.61 Å². The van der Waals surface area contributed by atoms with Crippen LogP contribution in [0.3, 0.4) is 0 Å². The summed E-state index contributed by atoms with van der Waals surface area (Å²) in [7, 11) is 0. The number of hydrogen-bond donors (Lipinski definition) is 1. The lowest BCUT2D eigenvalue weighted by atomic mass is 10.1. The molecule has 0 saturated carbocycles. The molecular formula is C18H19NO3S. The Morgan fingerprint density at radius 1 is 1.04 bits per heavy atom. The molecule has 1 amide bonds. The molecule has 1 N–H and O–H groups in total. The van der Waals surface area contributed by atoms with Crippen molar-refractivity contribution in [3.8, 4) is 0 Å². The monoisotopic (exact) mass is 329 g/mol. The lowest BCUT2D eigenvalue weighted by Gasteiger charge is -2.15. The van der Waals surface area contributed by atoms with E-state index in [-0.39, 0.29) is 23.5 Å². The molecule has 2 aromatic rings. The molecule has 0 aromatic heterocycles. The van der Waals surface area contributed by atoms with Gasteiger partial charge in [-0.1, -0.05) is 30.3 Å². The normalized spacial score (nSPS) is 11.6. The second kappa shape index (κ2) is 8.39. The molecule has 2 aromatic carbocycles. The third kappa shape index (κ3) is 4.86. The first-order chi connectivity index (χ1) is 11.1. The van der Waals surface area contributed by atoms with Crippen molar-refractivity contribution in [2.24, 2.45) is 0 Å². The molecular weight excluding hydrogens is 310 g/mol. The van der Waals surface area contributed by atoms with Crippen LogP contribution in [0.4, 0.5) is 0 Å². The Balaban J connectivity index is 2.07. The summed E-state index contributed by atoms with van der Waals surface area (Å²) in [5.41, 5.74) is 0.607. The molecule has 0 aliphatic rings. The van der Waals surface area contributed by atoms with E-state index >= 15 is 0 Å². The van der Waals surface area contributed by atoms with Gasteiger partial charge in [-0.3, -0.25) is 4.79 Å². The van der Waals surface area contributed by atoms with Gasteiger partial charge in [0.05, 0.1) is 23.1 Å². The standard InChI is InChI=1S/C18H19NO3S/c1-3-22-18(21)16-12-8-7-11-15(16)17(20)19-13(2)23-14-9-5-4-6-10-14/h4-13H,3H2,1-2H3,(H,19,20). The molecule has 0 radical (unpaired) electrons. The number of hydrogen-bond acceptors (Lipinski definition) is 4. The zero-order valence-electron chi connectivity index (χ0n) is 13.1. The predicted molar refractivity (Wildman–Crippen MR) is 91.6 cm³/mol. The molecule has 0 fully saturated rings. The first-order valence-electron chi connectivity index (χ1n) is 7.40. The molecule has 1 unspecified atom stereocenters. The van der Waals surface area contributed by atoms with Crippen LogP contribution in [-0.4, -0.2) is 23.9 Å². The van der Waals surface area contributed by atoms with Crippen LogP contribution in [0.2, 0.25) is 0 Å². The fraction of sp³-hybridized carbons (Fsp3) is 0.222. The quantitative estimate of drug-likeness (QED) is 0.498. The van der Waals surface area contributed by atoms with Gasteiger partial charge in [-0.05, 0) is 38.1 Å². The summed E-state index contributed by atoms with van der Waals surface area (Å²) in [5, 5.41) is 2.77. The van der Waals surface area contributed by atoms with Crippen LogP contribution in [0.25, 0.3) is 0 Å². The highest BCUT2D eigenvalue weighted by Gasteiger charge is 2.19. The number of rotatable bonds is 6. The number of nitrogens with one attached hydrogen (secondary N) is 1. The number of ether oxygens (including phenoxy) is 1. The van der Waals surface area contributed by atoms with Gasteiger partial charge in [-0.25, -0.2) is 4.79 Å². The highest BCUT2D eigenvalue weighted by Crippen LogP contribution is 2.21. The summed E-state index contributed by atoms with van der Waals surface area (Å²) in [4.78, 5) is 25.5. The molecule has 0 spiro atoms. The third-order valence-electron chi connectivity index (χ3n) is 3.06. The van der Waals surface area contributed by atoms with Crippen LogP contribution < -0.4 is 5.32 Å². The highest BCUT2D eigenvalue weighted by atomic mass is 32.2. The zero-order chi connectivity index (χ0) is 16.7. The van der Waals surface area contributed by atoms with E-state index in [1.807, 2.05) is 37.3 Å². The summed E-state index contributed by atoms with van der Waals surface area (Å²) in [6, 6.07) is 16.5. The fourth-order valence-electron chi connectivity index (χ4n) is 2.06. The Kier molecular flexibility index (Phi) is 6.23. The predicted octanol–water partition coefficient (Wildman–Crippen LogP) is 3.73. The second-order valence-electron chi connectivity index (χ2n) is 4.81. The molecule has 0 aliphatic carbocycles. The maximum atomic E-state index is 12.4. The summed E-state index contributed by atoms with van der Waals surface area (Å²) >= 11 is 1.54. The average Bonchev–Trinajstić information content (AvgIpc) is 2.56. The van der Waals surface area contributed by atoms with Crippen molar-refractivity contribution in [3.63, 3.8) is 0 Å². The molecule has 2 rings (SSSR count). The van der Waals surface area contributed by atoms with Crippen molar-refractivity contribution in [2.45, 2.75) is 24.1 Å². The number of esters is 1. The maximum Gasteiger partial charge on any atom is 0.338 e. The number of thioether (sulfide) groups is 1. The van der Waals surface area contributed by atoms with Crippen molar-refractivity contribution in [1.29, 1.82) is 0 Å². The first-order valence-corrected chi connectivity index (χ1v) is 8.28. The molecule has 4 nitrogen and oxygen atoms in total. The minimum Gasteiger partial charge on any atom is -0.462 e. The smallest absolute Gasteiger partial charge is 0.338 e. The van der Waals surface area contributed by atoms with Gasteiger partial charge < -0.3 is 10.1 Å². The van der Waals surface area contributed by atoms with Gasteiger partial charge >= 0.3 is 5.97 Å². The lowest BCUT2D eigenvalue weighted by molar-refractivity contribution is 0.0522. The molecule has 0 heterocycles. The van der Waals surface area contributed by atoms with Gasteiger partial charge in [0, 0.05) is 4.90 Å². The summed E-state index contributed by atoms with van der Waals surface area (Å²) < 4.78 is 5.00. The number of carbonyl (C=O) groups is 2. The second-order valence-corrected chi connectivity index (χ2v) is 6.23. The van der Waals surface area contributed by atoms with Crippen molar-refractivity contribution in [3.05, 3.63) is 65.7 Å². The molecule has 0 bridgehead atoms. The Morgan fingerprint density at radius 2 is 1.65 bits per heavy atom. The Bertz CT molecular complexity index is 673. The van der Waals surface area contributed by atoms with E-state index in [0.717, 1.165) is 4.90 Å². The minimum atomic E-state index is -0.485. The van der Waals surface area contributed by atoms with E-state index in [9.17, 15) is 9.59 Å². The van der Waals surface area contributed by atoms with E-state index in [1.165, 1.54) is 0 Å². The van der Waals surface area contributed by atoms with Gasteiger partial charge in [0.1, 0.15) is 0 Å². The molecule has 120 valence electrons. The van der Waals surface area contributed by atoms with Crippen LogP contribution in [0, 0.1) is 0 Å². The molecule has 0 saturated heterocycles. The van der Waals surface area contributed by atoms with Crippen LogP contribution in [0.5, 0.6) is 0 Å². The number of benzene rings is 2. The third-order valence-corrected chi connectivity index (χ3v) is 4.07. The first kappa shape index (κ1) is 17.1. The van der Waals surface area contributed by atoms with Crippen molar-refractivity contribution >= 4 is 23.6 Å². The van der Waals surface area contributed by atoms with E-state index in [4.69, 9.17) is 4.74 Å². The van der Waals surface area contributed by atoms with Crippen molar-refractivity contribution in [1.82, 2.24) is 5.32 Å². The average molecular weight is 329 g/mol. The highest BCUT2D eigenvalue weighted by molar-refractivity contribution is 7.99. The largest absolute Gasteiger partial charge is 0.462 e. The summed E-state index contributed by atoms with van der Waals surface area (Å²) in [6.07, 6.45) is 0.